The molecular weight excluding hydrogens is 452 g/mol. The first-order chi connectivity index (χ1) is 17.0. The molecule has 10 heteroatoms. The molecule has 3 aliphatic heterocycles. The van der Waals surface area contributed by atoms with Crippen molar-refractivity contribution in [2.45, 2.75) is 6.04 Å². The number of ether oxygens (including phenoxy) is 2. The molecule has 0 bridgehead atoms. The Kier molecular flexibility index (Phi) is 4.73. The maximum absolute atomic E-state index is 13.7. The summed E-state index contributed by atoms with van der Waals surface area (Å²) in [7, 11) is 0. The van der Waals surface area contributed by atoms with Crippen molar-refractivity contribution in [3.8, 4) is 11.5 Å². The van der Waals surface area contributed by atoms with Crippen LogP contribution in [0.2, 0.25) is 0 Å². The number of hydrazone groups is 1. The van der Waals surface area contributed by atoms with E-state index >= 15 is 0 Å². The standard InChI is InChI=1S/C25H18N4O6/c30-24-21-22(15-6-8-17(9-7-15)29(32)33)26-28(16-4-2-1-3-5-16)23(21)25(31)27(24)18-10-11-19-20(14-18)35-13-12-34-19/h1-11,14,21,23H,12-13H2/t21-,23+/m1/s1. The zero-order valence-corrected chi connectivity index (χ0v) is 18.2. The van der Waals surface area contributed by atoms with E-state index in [0.29, 0.717) is 47.4 Å². The van der Waals surface area contributed by atoms with Crippen LogP contribution in [0.25, 0.3) is 0 Å². The molecule has 3 aliphatic rings. The van der Waals surface area contributed by atoms with E-state index in [1.165, 1.54) is 12.1 Å². The third kappa shape index (κ3) is 3.30. The number of benzene rings is 3. The lowest BCUT2D eigenvalue weighted by atomic mass is 9.92. The topological polar surface area (TPSA) is 115 Å². The number of nitro benzene ring substituents is 1. The van der Waals surface area contributed by atoms with Gasteiger partial charge in [-0.1, -0.05) is 18.2 Å². The minimum absolute atomic E-state index is 0.0736. The van der Waals surface area contributed by atoms with Gasteiger partial charge in [0, 0.05) is 18.2 Å². The van der Waals surface area contributed by atoms with Crippen molar-refractivity contribution >= 4 is 34.6 Å². The molecule has 6 rings (SSSR count). The van der Waals surface area contributed by atoms with Gasteiger partial charge >= 0.3 is 0 Å². The summed E-state index contributed by atoms with van der Waals surface area (Å²) in [5, 5.41) is 17.3. The molecule has 174 valence electrons. The lowest BCUT2D eigenvalue weighted by molar-refractivity contribution is -0.384. The molecule has 0 N–H and O–H groups in total. The van der Waals surface area contributed by atoms with Gasteiger partial charge in [0.15, 0.2) is 11.5 Å². The monoisotopic (exact) mass is 470 g/mol. The normalized spacial score (nSPS) is 20.6. The summed E-state index contributed by atoms with van der Waals surface area (Å²) in [6, 6.07) is 19.0. The highest BCUT2D eigenvalue weighted by molar-refractivity contribution is 6.34. The van der Waals surface area contributed by atoms with Crippen LogP contribution in [0, 0.1) is 16.0 Å². The number of non-ortho nitro benzene ring substituents is 1. The molecule has 1 saturated heterocycles. The number of anilines is 2. The van der Waals surface area contributed by atoms with Crippen molar-refractivity contribution in [2.75, 3.05) is 23.1 Å². The van der Waals surface area contributed by atoms with Crippen molar-refractivity contribution in [2.24, 2.45) is 11.0 Å². The molecule has 3 aromatic carbocycles. The van der Waals surface area contributed by atoms with Crippen LogP contribution in [0.5, 0.6) is 11.5 Å². The first kappa shape index (κ1) is 20.8. The van der Waals surface area contributed by atoms with E-state index < -0.39 is 28.7 Å². The van der Waals surface area contributed by atoms with E-state index in [1.54, 1.807) is 35.3 Å². The van der Waals surface area contributed by atoms with Crippen LogP contribution in [-0.4, -0.2) is 41.7 Å². The fraction of sp³-hybridized carbons (Fsp3) is 0.160. The van der Waals surface area contributed by atoms with Gasteiger partial charge in [-0.05, 0) is 42.0 Å². The molecule has 0 aliphatic carbocycles. The van der Waals surface area contributed by atoms with Gasteiger partial charge in [-0.3, -0.25) is 24.7 Å². The second-order valence-corrected chi connectivity index (χ2v) is 8.23. The SMILES string of the molecule is O=C1[C@@H]2C(c3ccc([N+](=O)[O-])cc3)=NN(c3ccccc3)[C@@H]2C(=O)N1c1ccc2c(c1)OCCO2. The molecule has 35 heavy (non-hydrogen) atoms. The first-order valence-electron chi connectivity index (χ1n) is 11.0. The minimum Gasteiger partial charge on any atom is -0.486 e. The quantitative estimate of drug-likeness (QED) is 0.327. The van der Waals surface area contributed by atoms with Crippen LogP contribution in [-0.2, 0) is 9.59 Å². The number of amides is 2. The van der Waals surface area contributed by atoms with Crippen molar-refractivity contribution in [1.82, 2.24) is 0 Å². The minimum atomic E-state index is -0.886. The molecule has 0 unspecified atom stereocenters. The highest BCUT2D eigenvalue weighted by Gasteiger charge is 2.57. The fourth-order valence-corrected chi connectivity index (χ4v) is 4.63. The summed E-state index contributed by atoms with van der Waals surface area (Å²) in [5.74, 6) is -0.695. The zero-order valence-electron chi connectivity index (χ0n) is 18.2. The van der Waals surface area contributed by atoms with Crippen molar-refractivity contribution < 1.29 is 24.0 Å². The van der Waals surface area contributed by atoms with Crippen LogP contribution >= 0.6 is 0 Å². The molecule has 1 fully saturated rings. The number of hydrogen-bond acceptors (Lipinski definition) is 8. The van der Waals surface area contributed by atoms with E-state index in [0.717, 1.165) is 4.90 Å². The highest BCUT2D eigenvalue weighted by Crippen LogP contribution is 2.41. The van der Waals surface area contributed by atoms with Gasteiger partial charge in [0.2, 0.25) is 5.91 Å². The first-order valence-corrected chi connectivity index (χ1v) is 11.0. The predicted molar refractivity (Wildman–Crippen MR) is 126 cm³/mol. The number of carbonyl (C=O) groups is 2. The molecule has 2 amide bonds. The Morgan fingerprint density at radius 3 is 2.29 bits per heavy atom. The maximum Gasteiger partial charge on any atom is 0.269 e. The number of hydrogen-bond donors (Lipinski definition) is 0. The molecule has 2 atom stereocenters. The van der Waals surface area contributed by atoms with Crippen molar-refractivity contribution in [3.05, 3.63) is 88.5 Å². The number of fused-ring (bicyclic) bond motifs is 2. The Hall–Kier alpha value is -4.73. The lowest BCUT2D eigenvalue weighted by Gasteiger charge is -2.23. The van der Waals surface area contributed by atoms with Crippen LogP contribution in [0.15, 0.2) is 77.9 Å². The number of para-hydroxylation sites is 1. The molecule has 0 aromatic heterocycles. The van der Waals surface area contributed by atoms with Crippen molar-refractivity contribution in [3.63, 3.8) is 0 Å². The van der Waals surface area contributed by atoms with Crippen LogP contribution < -0.4 is 19.4 Å². The number of rotatable bonds is 4. The van der Waals surface area contributed by atoms with Crippen LogP contribution in [0.3, 0.4) is 0 Å². The molecule has 3 heterocycles. The molecular formula is C25H18N4O6. The van der Waals surface area contributed by atoms with Gasteiger partial charge in [-0.2, -0.15) is 5.10 Å². The number of imide groups is 1. The van der Waals surface area contributed by atoms with Gasteiger partial charge in [-0.15, -0.1) is 0 Å². The Bertz CT molecular complexity index is 1390. The van der Waals surface area contributed by atoms with Gasteiger partial charge in [-0.25, -0.2) is 4.90 Å². The summed E-state index contributed by atoms with van der Waals surface area (Å²) in [4.78, 5) is 39.2. The van der Waals surface area contributed by atoms with Crippen LogP contribution in [0.1, 0.15) is 5.56 Å². The maximum atomic E-state index is 13.7. The Morgan fingerprint density at radius 2 is 1.57 bits per heavy atom. The summed E-state index contributed by atoms with van der Waals surface area (Å²) in [6.07, 6.45) is 0. The second kappa shape index (κ2) is 7.94. The van der Waals surface area contributed by atoms with Gasteiger partial charge in [0.1, 0.15) is 25.2 Å². The molecule has 0 saturated carbocycles. The number of nitro groups is 1. The van der Waals surface area contributed by atoms with E-state index in [2.05, 4.69) is 5.10 Å². The molecule has 3 aromatic rings. The fourth-order valence-electron chi connectivity index (χ4n) is 4.63. The van der Waals surface area contributed by atoms with Gasteiger partial charge < -0.3 is 9.47 Å². The third-order valence-corrected chi connectivity index (χ3v) is 6.23. The summed E-state index contributed by atoms with van der Waals surface area (Å²) in [5.41, 5.74) is 1.89. The Morgan fingerprint density at radius 1 is 0.857 bits per heavy atom. The largest absolute Gasteiger partial charge is 0.486 e. The second-order valence-electron chi connectivity index (χ2n) is 8.23. The highest BCUT2D eigenvalue weighted by atomic mass is 16.6. The van der Waals surface area contributed by atoms with E-state index in [1.807, 2.05) is 30.3 Å². The average Bonchev–Trinajstić information content (AvgIpc) is 3.41. The number of carbonyl (C=O) groups excluding carboxylic acids is 2. The average molecular weight is 470 g/mol. The van der Waals surface area contributed by atoms with Crippen LogP contribution in [0.4, 0.5) is 17.1 Å². The molecule has 0 radical (unpaired) electrons. The summed E-state index contributed by atoms with van der Waals surface area (Å²) >= 11 is 0. The number of nitrogens with zero attached hydrogens (tertiary/aromatic N) is 4. The summed E-state index contributed by atoms with van der Waals surface area (Å²) < 4.78 is 11.2. The predicted octanol–water partition coefficient (Wildman–Crippen LogP) is 3.15. The third-order valence-electron chi connectivity index (χ3n) is 6.23. The molecule has 10 nitrogen and oxygen atoms in total. The lowest BCUT2D eigenvalue weighted by Crippen LogP contribution is -2.39. The smallest absolute Gasteiger partial charge is 0.269 e. The van der Waals surface area contributed by atoms with E-state index in [-0.39, 0.29) is 5.69 Å². The van der Waals surface area contributed by atoms with Gasteiger partial charge in [0.05, 0.1) is 22.0 Å². The Balaban J connectivity index is 1.43. The van der Waals surface area contributed by atoms with Gasteiger partial charge in [0.25, 0.3) is 11.6 Å². The summed E-state index contributed by atoms with van der Waals surface area (Å²) in [6.45, 7) is 0.807. The van der Waals surface area contributed by atoms with Crippen molar-refractivity contribution in [1.29, 1.82) is 0 Å². The van der Waals surface area contributed by atoms with E-state index in [9.17, 15) is 19.7 Å². The Labute approximate surface area is 199 Å². The molecule has 0 spiro atoms. The zero-order chi connectivity index (χ0) is 24.1. The van der Waals surface area contributed by atoms with E-state index in [4.69, 9.17) is 9.47 Å².